The molecule has 2 N–H and O–H groups in total. The quantitative estimate of drug-likeness (QED) is 0.280. The smallest absolute Gasteiger partial charge is 0.412 e. The third-order valence-corrected chi connectivity index (χ3v) is 8.34. The van der Waals surface area contributed by atoms with Crippen LogP contribution in [-0.4, -0.2) is 72.0 Å². The zero-order valence-corrected chi connectivity index (χ0v) is 25.5. The van der Waals surface area contributed by atoms with Gasteiger partial charge in [0.2, 0.25) is 10.0 Å². The van der Waals surface area contributed by atoms with Crippen LogP contribution in [0.3, 0.4) is 0 Å². The van der Waals surface area contributed by atoms with Gasteiger partial charge in [-0.3, -0.25) is 19.8 Å². The van der Waals surface area contributed by atoms with Gasteiger partial charge in [-0.25, -0.2) is 31.7 Å². The molecular formula is C28H26Cl2FN5O7S. The summed E-state index contributed by atoms with van der Waals surface area (Å²) in [6.45, 7) is -1.00. The largest absolute Gasteiger partial charge is 0.447 e. The molecule has 1 aromatic heterocycles. The second-order valence-corrected chi connectivity index (χ2v) is 12.3. The molecule has 3 aromatic rings. The summed E-state index contributed by atoms with van der Waals surface area (Å²) in [7, 11) is -4.28. The van der Waals surface area contributed by atoms with E-state index in [0.717, 1.165) is 17.2 Å². The van der Waals surface area contributed by atoms with Gasteiger partial charge in [-0.05, 0) is 48.7 Å². The molecule has 5 amide bonds. The Morgan fingerprint density at radius 1 is 1.05 bits per heavy atom. The number of fused-ring (bicyclic) bond motifs is 1. The maximum atomic E-state index is 13.9. The van der Waals surface area contributed by atoms with Gasteiger partial charge >= 0.3 is 12.1 Å². The Kier molecular flexibility index (Phi) is 10.4. The van der Waals surface area contributed by atoms with Crippen molar-refractivity contribution in [1.82, 2.24) is 19.5 Å². The van der Waals surface area contributed by atoms with E-state index in [4.69, 9.17) is 27.9 Å². The Morgan fingerprint density at radius 3 is 2.34 bits per heavy atom. The van der Waals surface area contributed by atoms with Crippen LogP contribution in [0, 0.1) is 5.82 Å². The second kappa shape index (κ2) is 14.0. The minimum Gasteiger partial charge on any atom is -0.447 e. The number of halogens is 3. The first-order valence-electron chi connectivity index (χ1n) is 13.1. The van der Waals surface area contributed by atoms with E-state index in [9.17, 15) is 32.0 Å². The number of aromatic nitrogens is 1. The summed E-state index contributed by atoms with van der Waals surface area (Å²) in [5, 5.41) is 4.86. The van der Waals surface area contributed by atoms with Crippen molar-refractivity contribution >= 4 is 63.0 Å². The molecule has 2 heterocycles. The minimum absolute atomic E-state index is 0.0505. The van der Waals surface area contributed by atoms with Crippen molar-refractivity contribution in [1.29, 1.82) is 0 Å². The zero-order chi connectivity index (χ0) is 32.0. The number of amides is 5. The number of ether oxygens (including phenoxy) is 1. The molecule has 0 radical (unpaired) electrons. The maximum absolute atomic E-state index is 13.9. The monoisotopic (exact) mass is 665 g/mol. The summed E-state index contributed by atoms with van der Waals surface area (Å²) < 4.78 is 45.4. The lowest BCUT2D eigenvalue weighted by atomic mass is 10.1. The number of benzene rings is 2. The zero-order valence-electron chi connectivity index (χ0n) is 23.1. The summed E-state index contributed by atoms with van der Waals surface area (Å²) in [6.07, 6.45) is 1.03. The lowest BCUT2D eigenvalue weighted by molar-refractivity contribution is 0.0646. The summed E-state index contributed by atoms with van der Waals surface area (Å²) >= 11 is 11.8. The molecule has 0 saturated heterocycles. The van der Waals surface area contributed by atoms with Gasteiger partial charge in [0, 0.05) is 19.3 Å². The van der Waals surface area contributed by atoms with Crippen molar-refractivity contribution in [3.8, 4) is 0 Å². The fourth-order valence-corrected chi connectivity index (χ4v) is 5.86. The highest BCUT2D eigenvalue weighted by Crippen LogP contribution is 2.24. The molecule has 44 heavy (non-hydrogen) atoms. The van der Waals surface area contributed by atoms with Crippen LogP contribution in [0.1, 0.15) is 39.1 Å². The third kappa shape index (κ3) is 7.81. The molecule has 0 saturated carbocycles. The predicted octanol–water partition coefficient (Wildman–Crippen LogP) is 4.69. The minimum atomic E-state index is -4.28. The molecule has 232 valence electrons. The van der Waals surface area contributed by atoms with Crippen LogP contribution in [0.2, 0.25) is 10.0 Å². The van der Waals surface area contributed by atoms with Crippen molar-refractivity contribution in [2.75, 3.05) is 24.7 Å². The number of carbonyl (C=O) groups is 4. The molecule has 1 atom stereocenters. The first-order valence-corrected chi connectivity index (χ1v) is 15.7. The van der Waals surface area contributed by atoms with Crippen LogP contribution in [0.15, 0.2) is 60.8 Å². The number of imide groups is 1. The van der Waals surface area contributed by atoms with Crippen molar-refractivity contribution < 1.29 is 36.7 Å². The van der Waals surface area contributed by atoms with Crippen molar-refractivity contribution in [2.24, 2.45) is 0 Å². The van der Waals surface area contributed by atoms with Gasteiger partial charge in [0.25, 0.3) is 11.8 Å². The molecule has 0 spiro atoms. The predicted molar refractivity (Wildman–Crippen MR) is 159 cm³/mol. The first-order chi connectivity index (χ1) is 20.9. The third-order valence-electron chi connectivity index (χ3n) is 6.51. The van der Waals surface area contributed by atoms with Gasteiger partial charge in [0.15, 0.2) is 0 Å². The topological polar surface area (TPSA) is 155 Å². The highest BCUT2D eigenvalue weighted by atomic mass is 35.5. The number of hydrogen-bond acceptors (Lipinski definition) is 8. The lowest BCUT2D eigenvalue weighted by Crippen LogP contribution is -2.51. The molecule has 0 aliphatic carbocycles. The number of carbonyl (C=O) groups excluding carboxylic acids is 4. The number of rotatable bonds is 11. The van der Waals surface area contributed by atoms with Gasteiger partial charge in [0.1, 0.15) is 18.2 Å². The number of anilines is 1. The number of urea groups is 1. The summed E-state index contributed by atoms with van der Waals surface area (Å²) in [6, 6.07) is 10.8. The molecule has 0 unspecified atom stereocenters. The Morgan fingerprint density at radius 2 is 1.73 bits per heavy atom. The molecule has 1 aliphatic rings. The molecule has 16 heteroatoms. The van der Waals surface area contributed by atoms with E-state index in [1.165, 1.54) is 42.6 Å². The Hall–Kier alpha value is -4.27. The van der Waals surface area contributed by atoms with Crippen LogP contribution in [0.4, 0.5) is 19.8 Å². The van der Waals surface area contributed by atoms with E-state index in [-0.39, 0.29) is 53.5 Å². The van der Waals surface area contributed by atoms with Crippen LogP contribution in [0.25, 0.3) is 0 Å². The molecule has 0 fully saturated rings. The van der Waals surface area contributed by atoms with Crippen molar-refractivity contribution in [3.63, 3.8) is 0 Å². The molecular weight excluding hydrogens is 640 g/mol. The van der Waals surface area contributed by atoms with Crippen molar-refractivity contribution in [2.45, 2.75) is 25.4 Å². The number of nitrogens with zero attached hydrogens (tertiary/aromatic N) is 3. The van der Waals surface area contributed by atoms with Gasteiger partial charge < -0.3 is 10.1 Å². The molecule has 12 nitrogen and oxygen atoms in total. The Balaban J connectivity index is 1.50. The average Bonchev–Trinajstić information content (AvgIpc) is 3.22. The van der Waals surface area contributed by atoms with Gasteiger partial charge in [0.05, 0.1) is 33.5 Å². The van der Waals surface area contributed by atoms with E-state index < -0.39 is 52.4 Å². The lowest BCUT2D eigenvalue weighted by Gasteiger charge is -2.30. The molecule has 4 rings (SSSR count). The fourth-order valence-electron chi connectivity index (χ4n) is 4.48. The average molecular weight is 667 g/mol. The van der Waals surface area contributed by atoms with Gasteiger partial charge in [-0.1, -0.05) is 47.5 Å². The van der Waals surface area contributed by atoms with Crippen LogP contribution in [-0.2, 0) is 21.3 Å². The normalized spacial score (nSPS) is 13.3. The number of sulfonamides is 1. The first kappa shape index (κ1) is 32.6. The van der Waals surface area contributed by atoms with Crippen LogP contribution < -0.4 is 10.6 Å². The van der Waals surface area contributed by atoms with E-state index in [2.05, 4.69) is 15.6 Å². The van der Waals surface area contributed by atoms with Gasteiger partial charge in [-0.2, -0.15) is 0 Å². The van der Waals surface area contributed by atoms with E-state index >= 15 is 0 Å². The number of pyridine rings is 1. The Bertz CT molecular complexity index is 1660. The Labute approximate surface area is 262 Å². The van der Waals surface area contributed by atoms with E-state index in [1.807, 2.05) is 0 Å². The fraction of sp³-hybridized carbons (Fsp3) is 0.250. The maximum Gasteiger partial charge on any atom is 0.412 e. The van der Waals surface area contributed by atoms with Gasteiger partial charge in [-0.15, -0.1) is 0 Å². The SMILES string of the molecule is CS(=O)(=O)N(C(=O)NCc1cccc(F)c1Cl)[C@@H](CCCN1C(=O)c2ccccc2C1=O)COC(=O)Nc1ccc(Cl)cn1. The molecule has 1 aliphatic heterocycles. The number of hydrogen-bond donors (Lipinski definition) is 2. The summed E-state index contributed by atoms with van der Waals surface area (Å²) in [5.74, 6) is -1.62. The van der Waals surface area contributed by atoms with Crippen molar-refractivity contribution in [3.05, 3.63) is 93.3 Å². The van der Waals surface area contributed by atoms with Crippen LogP contribution >= 0.6 is 23.2 Å². The van der Waals surface area contributed by atoms with E-state index in [1.54, 1.807) is 12.1 Å². The number of nitrogens with one attached hydrogen (secondary N) is 2. The summed E-state index contributed by atoms with van der Waals surface area (Å²) in [5.41, 5.74) is 0.692. The highest BCUT2D eigenvalue weighted by Gasteiger charge is 2.36. The second-order valence-electron chi connectivity index (χ2n) is 9.62. The molecule has 0 bridgehead atoms. The summed E-state index contributed by atoms with van der Waals surface area (Å²) in [4.78, 5) is 56.2. The highest BCUT2D eigenvalue weighted by molar-refractivity contribution is 7.88. The molecule has 2 aromatic carbocycles. The van der Waals surface area contributed by atoms with Crippen LogP contribution in [0.5, 0.6) is 0 Å². The standard InChI is InChI=1S/C28H26Cl2FN5O7S/c1-44(41,42)36(27(39)33-14-17-6-4-10-22(31)24(17)30)19(16-43-28(40)34-23-12-11-18(29)15-32-23)7-5-13-35-25(37)20-8-2-3-9-21(20)26(35)38/h2-4,6,8-12,15,19H,5,7,13-14,16H2,1H3,(H,33,39)(H,32,34,40)/t19-/m0/s1. The van der Waals surface area contributed by atoms with E-state index in [0.29, 0.717) is 9.33 Å².